The summed E-state index contributed by atoms with van der Waals surface area (Å²) in [5.74, 6) is -0.696. The van der Waals surface area contributed by atoms with E-state index in [9.17, 15) is 14.4 Å². The fourth-order valence-corrected chi connectivity index (χ4v) is 4.96. The summed E-state index contributed by atoms with van der Waals surface area (Å²) in [7, 11) is 1.65. The molecule has 2 aromatic rings. The van der Waals surface area contributed by atoms with Crippen LogP contribution in [0.1, 0.15) is 40.7 Å². The van der Waals surface area contributed by atoms with Crippen molar-refractivity contribution < 1.29 is 19.1 Å². The molecule has 2 aromatic carbocycles. The minimum absolute atomic E-state index is 0.0652. The topological polar surface area (TPSA) is 100 Å². The maximum Gasteiger partial charge on any atom is 0.262 e. The fourth-order valence-electron chi connectivity index (χ4n) is 3.84. The van der Waals surface area contributed by atoms with Crippen LogP contribution in [0.2, 0.25) is 0 Å². The van der Waals surface area contributed by atoms with Crippen LogP contribution in [-0.2, 0) is 27.5 Å². The first-order chi connectivity index (χ1) is 16.5. The van der Waals surface area contributed by atoms with Crippen LogP contribution in [0.25, 0.3) is 0 Å². The van der Waals surface area contributed by atoms with Crippen molar-refractivity contribution in [2.45, 2.75) is 37.7 Å². The van der Waals surface area contributed by atoms with E-state index < -0.39 is 5.25 Å². The Labute approximate surface area is 203 Å². The van der Waals surface area contributed by atoms with Crippen molar-refractivity contribution in [1.82, 2.24) is 10.2 Å². The Morgan fingerprint density at radius 1 is 1.06 bits per heavy atom. The molecule has 9 heteroatoms. The maximum absolute atomic E-state index is 12.5. The molecule has 8 nitrogen and oxygen atoms in total. The molecule has 0 spiro atoms. The first-order valence-corrected chi connectivity index (χ1v) is 12.2. The largest absolute Gasteiger partial charge is 0.380 e. The molecular formula is C25H28N4O4S. The van der Waals surface area contributed by atoms with Crippen molar-refractivity contribution in [3.8, 4) is 0 Å². The predicted octanol–water partition coefficient (Wildman–Crippen LogP) is 3.19. The minimum atomic E-state index is -0.482. The lowest BCUT2D eigenvalue weighted by Gasteiger charge is -2.16. The van der Waals surface area contributed by atoms with Gasteiger partial charge in [0.15, 0.2) is 5.17 Å². The van der Waals surface area contributed by atoms with Crippen LogP contribution in [0, 0.1) is 0 Å². The number of rotatable bonds is 8. The maximum atomic E-state index is 12.5. The Morgan fingerprint density at radius 3 is 2.41 bits per heavy atom. The number of aliphatic imine (C=N–C) groups is 1. The Hall–Kier alpha value is -3.17. The molecule has 0 saturated carbocycles. The highest BCUT2D eigenvalue weighted by Crippen LogP contribution is 2.29. The van der Waals surface area contributed by atoms with Gasteiger partial charge in [0, 0.05) is 44.4 Å². The lowest BCUT2D eigenvalue weighted by molar-refractivity contribution is -0.121. The van der Waals surface area contributed by atoms with Crippen LogP contribution < -0.4 is 10.6 Å². The highest BCUT2D eigenvalue weighted by Gasteiger charge is 2.33. The van der Waals surface area contributed by atoms with Crippen LogP contribution in [-0.4, -0.2) is 53.2 Å². The molecule has 3 amide bonds. The Balaban J connectivity index is 1.23. The van der Waals surface area contributed by atoms with Gasteiger partial charge in [-0.3, -0.25) is 14.4 Å². The number of benzene rings is 2. The number of amides is 3. The van der Waals surface area contributed by atoms with Crippen LogP contribution in [0.15, 0.2) is 53.5 Å². The predicted molar refractivity (Wildman–Crippen MR) is 133 cm³/mol. The SMILES string of the molecule is COCc1ccc(CNC(=O)c2ccc(NC(=O)CC3SC(N4CCCC4)=NC3=O)cc2)cc1. The summed E-state index contributed by atoms with van der Waals surface area (Å²) in [6.45, 7) is 2.80. The molecule has 0 aromatic heterocycles. The molecule has 2 aliphatic rings. The van der Waals surface area contributed by atoms with E-state index in [1.807, 2.05) is 24.3 Å². The van der Waals surface area contributed by atoms with Crippen LogP contribution in [0.3, 0.4) is 0 Å². The summed E-state index contributed by atoms with van der Waals surface area (Å²) < 4.78 is 5.10. The zero-order valence-corrected chi connectivity index (χ0v) is 19.9. The monoisotopic (exact) mass is 480 g/mol. The summed E-state index contributed by atoms with van der Waals surface area (Å²) in [4.78, 5) is 43.3. The van der Waals surface area contributed by atoms with Gasteiger partial charge in [-0.25, -0.2) is 0 Å². The van der Waals surface area contributed by atoms with Gasteiger partial charge in [0.1, 0.15) is 5.25 Å². The summed E-state index contributed by atoms with van der Waals surface area (Å²) in [6.07, 6.45) is 2.28. The number of methoxy groups -OCH3 is 1. The Bertz CT molecular complexity index is 1060. The highest BCUT2D eigenvalue weighted by molar-refractivity contribution is 8.15. The van der Waals surface area contributed by atoms with E-state index in [4.69, 9.17) is 4.74 Å². The third-order valence-corrected chi connectivity index (χ3v) is 6.91. The number of carbonyl (C=O) groups excluding carboxylic acids is 3. The number of thioether (sulfide) groups is 1. The number of nitrogens with zero attached hydrogens (tertiary/aromatic N) is 2. The molecule has 0 bridgehead atoms. The van der Waals surface area contributed by atoms with Crippen molar-refractivity contribution in [1.29, 1.82) is 0 Å². The highest BCUT2D eigenvalue weighted by atomic mass is 32.2. The summed E-state index contributed by atoms with van der Waals surface area (Å²) >= 11 is 1.37. The molecule has 34 heavy (non-hydrogen) atoms. The van der Waals surface area contributed by atoms with Gasteiger partial charge in [0.25, 0.3) is 11.8 Å². The molecule has 2 aliphatic heterocycles. The van der Waals surface area contributed by atoms with Crippen molar-refractivity contribution in [2.24, 2.45) is 4.99 Å². The molecule has 1 atom stereocenters. The van der Waals surface area contributed by atoms with Gasteiger partial charge < -0.3 is 20.3 Å². The van der Waals surface area contributed by atoms with Crippen molar-refractivity contribution in [3.63, 3.8) is 0 Å². The first-order valence-electron chi connectivity index (χ1n) is 11.3. The van der Waals surface area contributed by atoms with Gasteiger partial charge in [0.05, 0.1) is 6.61 Å². The molecule has 178 valence electrons. The summed E-state index contributed by atoms with van der Waals surface area (Å²) in [5.41, 5.74) is 3.14. The summed E-state index contributed by atoms with van der Waals surface area (Å²) in [6, 6.07) is 14.6. The lowest BCUT2D eigenvalue weighted by Crippen LogP contribution is -2.25. The first kappa shape index (κ1) is 24.0. The molecule has 0 aliphatic carbocycles. The number of hydrogen-bond acceptors (Lipinski definition) is 6. The Kier molecular flexibility index (Phi) is 7.97. The third kappa shape index (κ3) is 6.24. The van der Waals surface area contributed by atoms with E-state index in [0.29, 0.717) is 24.4 Å². The average Bonchev–Trinajstić information content (AvgIpc) is 3.49. The van der Waals surface area contributed by atoms with E-state index in [2.05, 4.69) is 20.5 Å². The number of carbonyl (C=O) groups is 3. The molecule has 1 unspecified atom stereocenters. The second kappa shape index (κ2) is 11.3. The number of anilines is 1. The lowest BCUT2D eigenvalue weighted by atomic mass is 10.1. The number of hydrogen-bond donors (Lipinski definition) is 2. The number of ether oxygens (including phenoxy) is 1. The van der Waals surface area contributed by atoms with Crippen LogP contribution in [0.4, 0.5) is 5.69 Å². The van der Waals surface area contributed by atoms with E-state index in [1.54, 1.807) is 31.4 Å². The molecule has 4 rings (SSSR count). The van der Waals surface area contributed by atoms with Gasteiger partial charge in [-0.15, -0.1) is 0 Å². The number of likely N-dealkylation sites (tertiary alicyclic amines) is 1. The normalized spacial score (nSPS) is 17.6. The van der Waals surface area contributed by atoms with E-state index in [0.717, 1.165) is 42.2 Å². The molecular weight excluding hydrogens is 452 g/mol. The molecule has 2 heterocycles. The zero-order chi connectivity index (χ0) is 23.9. The molecule has 0 radical (unpaired) electrons. The quantitative estimate of drug-likeness (QED) is 0.602. The van der Waals surface area contributed by atoms with E-state index >= 15 is 0 Å². The minimum Gasteiger partial charge on any atom is -0.380 e. The molecule has 2 N–H and O–H groups in total. The average molecular weight is 481 g/mol. The summed E-state index contributed by atoms with van der Waals surface area (Å²) in [5, 5.41) is 5.95. The van der Waals surface area contributed by atoms with Gasteiger partial charge in [-0.05, 0) is 48.2 Å². The number of amidine groups is 1. The van der Waals surface area contributed by atoms with E-state index in [1.165, 1.54) is 11.8 Å². The standard InChI is InChI=1S/C25H28N4O4S/c1-33-16-18-6-4-17(5-7-18)15-26-23(31)19-8-10-20(11-9-19)27-22(30)14-21-24(32)28-25(34-21)29-12-2-3-13-29/h4-11,21H,2-3,12-16H2,1H3,(H,26,31)(H,27,30). The van der Waals surface area contributed by atoms with Gasteiger partial charge in [-0.2, -0.15) is 4.99 Å². The third-order valence-electron chi connectivity index (χ3n) is 5.69. The Morgan fingerprint density at radius 2 is 1.74 bits per heavy atom. The molecule has 1 saturated heterocycles. The van der Waals surface area contributed by atoms with Gasteiger partial charge >= 0.3 is 0 Å². The fraction of sp³-hybridized carbons (Fsp3) is 0.360. The molecule has 1 fully saturated rings. The van der Waals surface area contributed by atoms with Crippen molar-refractivity contribution >= 4 is 40.3 Å². The van der Waals surface area contributed by atoms with E-state index in [-0.39, 0.29) is 24.1 Å². The van der Waals surface area contributed by atoms with Crippen LogP contribution >= 0.6 is 11.8 Å². The van der Waals surface area contributed by atoms with Gasteiger partial charge in [-0.1, -0.05) is 36.0 Å². The van der Waals surface area contributed by atoms with Gasteiger partial charge in [0.2, 0.25) is 5.91 Å². The zero-order valence-electron chi connectivity index (χ0n) is 19.1. The second-order valence-electron chi connectivity index (χ2n) is 8.30. The smallest absolute Gasteiger partial charge is 0.262 e. The second-order valence-corrected chi connectivity index (χ2v) is 9.46. The van der Waals surface area contributed by atoms with Crippen molar-refractivity contribution in [3.05, 3.63) is 65.2 Å². The number of nitrogens with one attached hydrogen (secondary N) is 2. The van der Waals surface area contributed by atoms with Crippen LogP contribution in [0.5, 0.6) is 0 Å². The van der Waals surface area contributed by atoms with Crippen molar-refractivity contribution in [2.75, 3.05) is 25.5 Å².